The molecule has 0 atom stereocenters. The fourth-order valence-electron chi connectivity index (χ4n) is 4.23. The minimum atomic E-state index is -0.106. The lowest BCUT2D eigenvalue weighted by Crippen LogP contribution is -2.19. The number of carbonyl (C=O) groups excluding carboxylic acids is 1. The van der Waals surface area contributed by atoms with Crippen LogP contribution in [0.2, 0.25) is 0 Å². The van der Waals surface area contributed by atoms with Crippen molar-refractivity contribution in [3.05, 3.63) is 61.6 Å². The summed E-state index contributed by atoms with van der Waals surface area (Å²) >= 11 is 0. The van der Waals surface area contributed by atoms with Crippen LogP contribution in [0.25, 0.3) is 56.0 Å². The van der Waals surface area contributed by atoms with Gasteiger partial charge in [0.15, 0.2) is 11.5 Å². The zero-order valence-electron chi connectivity index (χ0n) is 20.5. The van der Waals surface area contributed by atoms with E-state index in [0.29, 0.717) is 34.8 Å². The number of hydrogen-bond donors (Lipinski definition) is 3. The summed E-state index contributed by atoms with van der Waals surface area (Å²) in [4.78, 5) is 34.0. The van der Waals surface area contributed by atoms with Crippen molar-refractivity contribution in [3.63, 3.8) is 0 Å². The maximum Gasteiger partial charge on any atom is 0.224 e. The maximum absolute atomic E-state index is 12.4. The summed E-state index contributed by atoms with van der Waals surface area (Å²) < 4.78 is 5.24. The van der Waals surface area contributed by atoms with Gasteiger partial charge >= 0.3 is 0 Å². The van der Waals surface area contributed by atoms with E-state index in [2.05, 4.69) is 30.5 Å². The summed E-state index contributed by atoms with van der Waals surface area (Å²) in [5, 5.41) is 10.5. The molecule has 0 unspecified atom stereocenters. The molecule has 3 N–H and O–H groups in total. The summed E-state index contributed by atoms with van der Waals surface area (Å²) in [6.45, 7) is 6.08. The highest BCUT2D eigenvalue weighted by Gasteiger charge is 2.19. The van der Waals surface area contributed by atoms with Crippen molar-refractivity contribution >= 4 is 33.7 Å². The lowest BCUT2D eigenvalue weighted by Gasteiger charge is -2.17. The summed E-state index contributed by atoms with van der Waals surface area (Å²) in [7, 11) is 0. The van der Waals surface area contributed by atoms with Gasteiger partial charge < -0.3 is 14.7 Å². The molecule has 10 nitrogen and oxygen atoms in total. The van der Waals surface area contributed by atoms with Gasteiger partial charge in [0.05, 0.1) is 47.3 Å². The summed E-state index contributed by atoms with van der Waals surface area (Å²) in [6.07, 6.45) is 10.5. The maximum atomic E-state index is 12.4. The van der Waals surface area contributed by atoms with Crippen LogP contribution >= 0.6 is 0 Å². The number of aromatic nitrogens is 7. The van der Waals surface area contributed by atoms with Gasteiger partial charge in [-0.2, -0.15) is 5.10 Å². The van der Waals surface area contributed by atoms with E-state index in [1.165, 1.54) is 0 Å². The standard InChI is InChI=1S/C27H24N8O2/c1-27(2,3)9-22(36)30-17-8-16(10-28-11-17)19-4-5-20-24(31-19)25(35-34-20)26-32-21-13-29-12-18(23(21)33-26)15-6-7-37-14-15/h4-8,10-14H,9H2,1-3H3,(H,30,36)(H,32,33)(H,34,35). The number of anilines is 1. The van der Waals surface area contributed by atoms with Crippen LogP contribution < -0.4 is 5.32 Å². The van der Waals surface area contributed by atoms with Crippen LogP contribution in [0.5, 0.6) is 0 Å². The first-order valence-corrected chi connectivity index (χ1v) is 11.8. The molecule has 0 spiro atoms. The third-order valence-electron chi connectivity index (χ3n) is 5.87. The van der Waals surface area contributed by atoms with Crippen LogP contribution in [0.3, 0.4) is 0 Å². The second kappa shape index (κ2) is 8.66. The van der Waals surface area contributed by atoms with E-state index >= 15 is 0 Å². The largest absolute Gasteiger partial charge is 0.472 e. The Hall–Kier alpha value is -4.86. The zero-order valence-corrected chi connectivity index (χ0v) is 20.5. The molecular weight excluding hydrogens is 468 g/mol. The molecular formula is C27H24N8O2. The third kappa shape index (κ3) is 4.44. The molecule has 0 saturated heterocycles. The Bertz CT molecular complexity index is 1740. The summed E-state index contributed by atoms with van der Waals surface area (Å²) in [5.41, 5.74) is 7.32. The molecule has 6 heterocycles. The van der Waals surface area contributed by atoms with E-state index in [4.69, 9.17) is 14.4 Å². The molecule has 0 bridgehead atoms. The van der Waals surface area contributed by atoms with Crippen molar-refractivity contribution in [3.8, 4) is 33.9 Å². The van der Waals surface area contributed by atoms with Crippen LogP contribution in [-0.4, -0.2) is 41.0 Å². The number of hydrogen-bond acceptors (Lipinski definition) is 7. The fraction of sp³-hybridized carbons (Fsp3) is 0.185. The fourth-order valence-corrected chi connectivity index (χ4v) is 4.23. The van der Waals surface area contributed by atoms with Gasteiger partial charge in [-0.3, -0.25) is 19.9 Å². The SMILES string of the molecule is CC(C)(C)CC(=O)Nc1cncc(-c2ccc3[nH]nc(-c4nc5c(-c6ccoc6)cncc5[nH]4)c3n2)c1. The number of imidazole rings is 1. The van der Waals surface area contributed by atoms with E-state index in [-0.39, 0.29) is 11.3 Å². The van der Waals surface area contributed by atoms with Crippen LogP contribution in [0.15, 0.2) is 66.0 Å². The average molecular weight is 493 g/mol. The van der Waals surface area contributed by atoms with Crippen molar-refractivity contribution in [2.24, 2.45) is 5.41 Å². The third-order valence-corrected chi connectivity index (χ3v) is 5.87. The summed E-state index contributed by atoms with van der Waals surface area (Å²) in [6, 6.07) is 7.55. The van der Waals surface area contributed by atoms with E-state index in [9.17, 15) is 4.79 Å². The number of nitrogens with zero attached hydrogens (tertiary/aromatic N) is 5. The molecule has 1 amide bonds. The van der Waals surface area contributed by atoms with Gasteiger partial charge in [-0.05, 0) is 29.7 Å². The molecule has 0 aliphatic heterocycles. The number of H-pyrrole nitrogens is 2. The van der Waals surface area contributed by atoms with Gasteiger partial charge in [0, 0.05) is 35.5 Å². The lowest BCUT2D eigenvalue weighted by molar-refractivity contribution is -0.117. The van der Waals surface area contributed by atoms with E-state index in [1.54, 1.807) is 37.3 Å². The zero-order chi connectivity index (χ0) is 25.6. The summed E-state index contributed by atoms with van der Waals surface area (Å²) in [5.74, 6) is 0.520. The molecule has 0 saturated carbocycles. The van der Waals surface area contributed by atoms with Crippen molar-refractivity contribution in [1.82, 2.24) is 35.1 Å². The van der Waals surface area contributed by atoms with Gasteiger partial charge in [-0.1, -0.05) is 20.8 Å². The second-order valence-electron chi connectivity index (χ2n) is 10.1. The number of pyridine rings is 3. The Morgan fingerprint density at radius 3 is 2.65 bits per heavy atom. The van der Waals surface area contributed by atoms with Crippen molar-refractivity contribution < 1.29 is 9.21 Å². The van der Waals surface area contributed by atoms with Crippen LogP contribution in [0, 0.1) is 5.41 Å². The Labute approximate surface area is 211 Å². The Balaban J connectivity index is 1.36. The monoisotopic (exact) mass is 492 g/mol. The lowest BCUT2D eigenvalue weighted by atomic mass is 9.92. The molecule has 0 radical (unpaired) electrons. The number of fused-ring (bicyclic) bond motifs is 2. The van der Waals surface area contributed by atoms with Crippen LogP contribution in [0.1, 0.15) is 27.2 Å². The Morgan fingerprint density at radius 1 is 0.973 bits per heavy atom. The first-order valence-electron chi connectivity index (χ1n) is 11.8. The molecule has 0 aliphatic carbocycles. The minimum absolute atomic E-state index is 0.0545. The van der Waals surface area contributed by atoms with Crippen LogP contribution in [0.4, 0.5) is 5.69 Å². The smallest absolute Gasteiger partial charge is 0.224 e. The van der Waals surface area contributed by atoms with Gasteiger partial charge in [0.2, 0.25) is 5.91 Å². The molecule has 37 heavy (non-hydrogen) atoms. The molecule has 6 aromatic heterocycles. The number of amides is 1. The normalized spacial score (nSPS) is 11.9. The van der Waals surface area contributed by atoms with E-state index in [1.807, 2.05) is 45.0 Å². The number of nitrogens with one attached hydrogen (secondary N) is 3. The molecule has 10 heteroatoms. The molecule has 184 valence electrons. The van der Waals surface area contributed by atoms with Crippen molar-refractivity contribution in [2.45, 2.75) is 27.2 Å². The first kappa shape index (κ1) is 22.6. The second-order valence-corrected chi connectivity index (χ2v) is 10.1. The quantitative estimate of drug-likeness (QED) is 0.285. The minimum Gasteiger partial charge on any atom is -0.472 e. The number of aromatic amines is 2. The average Bonchev–Trinajstić information content (AvgIpc) is 3.61. The van der Waals surface area contributed by atoms with Crippen molar-refractivity contribution in [2.75, 3.05) is 5.32 Å². The van der Waals surface area contributed by atoms with Gasteiger partial charge in [-0.15, -0.1) is 0 Å². The highest BCUT2D eigenvalue weighted by atomic mass is 16.3. The topological polar surface area (TPSA) is 138 Å². The van der Waals surface area contributed by atoms with Gasteiger partial charge in [0.25, 0.3) is 0 Å². The Morgan fingerprint density at radius 2 is 1.84 bits per heavy atom. The first-order chi connectivity index (χ1) is 17.8. The molecule has 6 aromatic rings. The highest BCUT2D eigenvalue weighted by Crippen LogP contribution is 2.31. The predicted octanol–water partition coefficient (Wildman–Crippen LogP) is 5.59. The van der Waals surface area contributed by atoms with E-state index < -0.39 is 0 Å². The van der Waals surface area contributed by atoms with Crippen LogP contribution in [-0.2, 0) is 4.79 Å². The molecule has 6 rings (SSSR count). The Kier molecular flexibility index (Phi) is 5.29. The van der Waals surface area contributed by atoms with E-state index in [0.717, 1.165) is 33.2 Å². The highest BCUT2D eigenvalue weighted by molar-refractivity contribution is 5.96. The molecule has 0 aliphatic rings. The number of furan rings is 1. The van der Waals surface area contributed by atoms with Crippen molar-refractivity contribution in [1.29, 1.82) is 0 Å². The number of rotatable bonds is 5. The molecule has 0 aromatic carbocycles. The van der Waals surface area contributed by atoms with Gasteiger partial charge in [0.1, 0.15) is 11.0 Å². The predicted molar refractivity (Wildman–Crippen MR) is 140 cm³/mol. The van der Waals surface area contributed by atoms with Gasteiger partial charge in [-0.25, -0.2) is 9.97 Å². The number of carbonyl (C=O) groups is 1. The molecule has 0 fully saturated rings.